The number of carbonyl (C=O) groups excluding carboxylic acids is 1. The zero-order valence-electron chi connectivity index (χ0n) is 24.5. The zero-order chi connectivity index (χ0) is 31.7. The number of hydrogen-bond acceptors (Lipinski definition) is 10. The van der Waals surface area contributed by atoms with Crippen LogP contribution in [0, 0.1) is 10.1 Å². The SMILES string of the molecule is CCOC(=O)C1=C(C)N=c2s/c(=C/c3ccc(-c4ccc(Cl)c([N+](=O)[O-])c4)o3)c(=O)n2[C@@H]1c1ccc(OC(C)C)c(OC)c1. The highest BCUT2D eigenvalue weighted by Gasteiger charge is 2.34. The second-order valence-corrected chi connectivity index (χ2v) is 11.4. The van der Waals surface area contributed by atoms with Crippen LogP contribution in [0.25, 0.3) is 17.4 Å². The standard InChI is InChI=1S/C31H28ClN3O8S/c1-6-41-30(37)27-17(4)33-31-34(28(27)19-8-11-24(42-16(2)3)25(14-19)40-5)29(36)26(44-31)15-20-9-12-23(43-20)18-7-10-21(32)22(13-18)35(38)39/h7-16,28H,6H2,1-5H3/b26-15+/t28-/m1/s1. The van der Waals surface area contributed by atoms with E-state index >= 15 is 0 Å². The molecule has 3 heterocycles. The maximum absolute atomic E-state index is 14.0. The molecule has 0 unspecified atom stereocenters. The largest absolute Gasteiger partial charge is 0.493 e. The lowest BCUT2D eigenvalue weighted by atomic mass is 9.95. The number of benzene rings is 2. The van der Waals surface area contributed by atoms with Crippen LogP contribution in [-0.2, 0) is 9.53 Å². The van der Waals surface area contributed by atoms with E-state index in [4.69, 9.17) is 30.2 Å². The Bertz CT molecular complexity index is 1990. The van der Waals surface area contributed by atoms with Crippen LogP contribution < -0.4 is 24.4 Å². The van der Waals surface area contributed by atoms with Gasteiger partial charge >= 0.3 is 5.97 Å². The highest BCUT2D eigenvalue weighted by molar-refractivity contribution is 7.07. The maximum Gasteiger partial charge on any atom is 0.338 e. The van der Waals surface area contributed by atoms with Crippen LogP contribution in [0.1, 0.15) is 45.1 Å². The van der Waals surface area contributed by atoms with Crippen molar-refractivity contribution in [2.75, 3.05) is 13.7 Å². The average Bonchev–Trinajstić information content (AvgIpc) is 3.56. The van der Waals surface area contributed by atoms with Gasteiger partial charge in [-0.2, -0.15) is 0 Å². The Balaban J connectivity index is 1.63. The highest BCUT2D eigenvalue weighted by Crippen LogP contribution is 2.37. The molecular weight excluding hydrogens is 610 g/mol. The first-order chi connectivity index (χ1) is 21.0. The first kappa shape index (κ1) is 30.8. The van der Waals surface area contributed by atoms with Crippen molar-refractivity contribution >= 4 is 40.7 Å². The third-order valence-electron chi connectivity index (χ3n) is 6.71. The number of furan rings is 1. The zero-order valence-corrected chi connectivity index (χ0v) is 26.0. The first-order valence-corrected chi connectivity index (χ1v) is 14.8. The molecule has 1 aliphatic rings. The number of fused-ring (bicyclic) bond motifs is 1. The number of rotatable bonds is 9. The van der Waals surface area contributed by atoms with Crippen molar-refractivity contribution in [2.24, 2.45) is 4.99 Å². The number of allylic oxidation sites excluding steroid dienone is 1. The smallest absolute Gasteiger partial charge is 0.338 e. The molecule has 11 nitrogen and oxygen atoms in total. The molecule has 2 aromatic heterocycles. The average molecular weight is 638 g/mol. The van der Waals surface area contributed by atoms with Gasteiger partial charge in [0.05, 0.1) is 46.6 Å². The minimum Gasteiger partial charge on any atom is -0.493 e. The van der Waals surface area contributed by atoms with Crippen molar-refractivity contribution < 1.29 is 28.3 Å². The molecule has 0 radical (unpaired) electrons. The van der Waals surface area contributed by atoms with Gasteiger partial charge in [-0.15, -0.1) is 0 Å². The summed E-state index contributed by atoms with van der Waals surface area (Å²) in [5.74, 6) is 1.09. The fraction of sp³-hybridized carbons (Fsp3) is 0.258. The molecule has 4 aromatic rings. The van der Waals surface area contributed by atoms with E-state index in [0.29, 0.717) is 49.2 Å². The molecule has 0 saturated carbocycles. The van der Waals surface area contributed by atoms with Crippen molar-refractivity contribution in [3.63, 3.8) is 0 Å². The van der Waals surface area contributed by atoms with Crippen LogP contribution >= 0.6 is 22.9 Å². The van der Waals surface area contributed by atoms with E-state index in [1.54, 1.807) is 56.3 Å². The predicted octanol–water partition coefficient (Wildman–Crippen LogP) is 5.42. The van der Waals surface area contributed by atoms with E-state index in [0.717, 1.165) is 11.3 Å². The number of thiazole rings is 1. The lowest BCUT2D eigenvalue weighted by Gasteiger charge is -2.25. The van der Waals surface area contributed by atoms with Gasteiger partial charge in [0, 0.05) is 17.7 Å². The van der Waals surface area contributed by atoms with Gasteiger partial charge in [-0.05, 0) is 69.7 Å². The van der Waals surface area contributed by atoms with Crippen molar-refractivity contribution in [2.45, 2.75) is 39.8 Å². The van der Waals surface area contributed by atoms with Gasteiger partial charge in [0.2, 0.25) is 0 Å². The van der Waals surface area contributed by atoms with Crippen LogP contribution in [0.15, 0.2) is 74.0 Å². The Morgan fingerprint density at radius 3 is 2.66 bits per heavy atom. The summed E-state index contributed by atoms with van der Waals surface area (Å²) in [5.41, 5.74) is 1.07. The molecule has 0 saturated heterocycles. The third kappa shape index (κ3) is 5.90. The predicted molar refractivity (Wildman–Crippen MR) is 165 cm³/mol. The van der Waals surface area contributed by atoms with E-state index in [1.807, 2.05) is 13.8 Å². The Morgan fingerprint density at radius 1 is 1.20 bits per heavy atom. The second-order valence-electron chi connectivity index (χ2n) is 10.0. The lowest BCUT2D eigenvalue weighted by Crippen LogP contribution is -2.40. The molecule has 2 aromatic carbocycles. The molecule has 1 atom stereocenters. The number of ether oxygens (including phenoxy) is 3. The quantitative estimate of drug-likeness (QED) is 0.135. The van der Waals surface area contributed by atoms with E-state index in [1.165, 1.54) is 23.8 Å². The van der Waals surface area contributed by atoms with Crippen LogP contribution in [0.2, 0.25) is 5.02 Å². The van der Waals surface area contributed by atoms with E-state index in [9.17, 15) is 19.7 Å². The molecule has 0 aliphatic carbocycles. The first-order valence-electron chi connectivity index (χ1n) is 13.6. The highest BCUT2D eigenvalue weighted by atomic mass is 35.5. The van der Waals surface area contributed by atoms with Gasteiger partial charge in [-0.25, -0.2) is 9.79 Å². The van der Waals surface area contributed by atoms with Gasteiger partial charge in [0.25, 0.3) is 11.2 Å². The van der Waals surface area contributed by atoms with Crippen LogP contribution in [0.5, 0.6) is 11.5 Å². The molecule has 0 bridgehead atoms. The fourth-order valence-electron chi connectivity index (χ4n) is 4.83. The van der Waals surface area contributed by atoms with Gasteiger partial charge in [-0.3, -0.25) is 19.5 Å². The second kappa shape index (κ2) is 12.5. The summed E-state index contributed by atoms with van der Waals surface area (Å²) in [4.78, 5) is 42.9. The number of nitro benzene ring substituents is 1. The summed E-state index contributed by atoms with van der Waals surface area (Å²) in [6.07, 6.45) is 1.47. The molecule has 1 aliphatic heterocycles. The molecule has 0 N–H and O–H groups in total. The van der Waals surface area contributed by atoms with Crippen molar-refractivity contribution in [1.82, 2.24) is 4.57 Å². The topological polar surface area (TPSA) is 135 Å². The third-order valence-corrected chi connectivity index (χ3v) is 8.01. The molecule has 0 spiro atoms. The summed E-state index contributed by atoms with van der Waals surface area (Å²) in [7, 11) is 1.52. The van der Waals surface area contributed by atoms with Crippen LogP contribution in [0.4, 0.5) is 5.69 Å². The summed E-state index contributed by atoms with van der Waals surface area (Å²) in [5, 5.41) is 11.3. The Kier molecular flexibility index (Phi) is 8.75. The van der Waals surface area contributed by atoms with E-state index < -0.39 is 22.5 Å². The maximum atomic E-state index is 14.0. The summed E-state index contributed by atoms with van der Waals surface area (Å²) >= 11 is 7.09. The van der Waals surface area contributed by atoms with Crippen molar-refractivity contribution in [1.29, 1.82) is 0 Å². The molecular formula is C31H28ClN3O8S. The Hall–Kier alpha value is -4.68. The monoisotopic (exact) mass is 637 g/mol. The Labute approximate surface area is 260 Å². The number of nitrogens with zero attached hydrogens (tertiary/aromatic N) is 3. The molecule has 13 heteroatoms. The summed E-state index contributed by atoms with van der Waals surface area (Å²) in [6, 6.07) is 12.1. The number of esters is 1. The van der Waals surface area contributed by atoms with E-state index in [-0.39, 0.29) is 29.0 Å². The molecule has 44 heavy (non-hydrogen) atoms. The number of halogens is 1. The van der Waals surface area contributed by atoms with Gasteiger partial charge in [-0.1, -0.05) is 29.0 Å². The van der Waals surface area contributed by atoms with Crippen LogP contribution in [0.3, 0.4) is 0 Å². The molecule has 0 amide bonds. The summed E-state index contributed by atoms with van der Waals surface area (Å²) in [6.45, 7) is 7.36. The lowest BCUT2D eigenvalue weighted by molar-refractivity contribution is -0.384. The minimum atomic E-state index is -0.851. The number of aromatic nitrogens is 1. The number of hydrogen-bond donors (Lipinski definition) is 0. The van der Waals surface area contributed by atoms with Crippen molar-refractivity contribution in [3.05, 3.63) is 106 Å². The number of methoxy groups -OCH3 is 1. The van der Waals surface area contributed by atoms with Gasteiger partial charge in [0.15, 0.2) is 16.3 Å². The number of carbonyl (C=O) groups is 1. The van der Waals surface area contributed by atoms with E-state index in [2.05, 4.69) is 4.99 Å². The minimum absolute atomic E-state index is 0.0124. The van der Waals surface area contributed by atoms with Gasteiger partial charge in [0.1, 0.15) is 16.5 Å². The molecule has 5 rings (SSSR count). The fourth-order valence-corrected chi connectivity index (χ4v) is 6.05. The normalized spacial score (nSPS) is 14.8. The van der Waals surface area contributed by atoms with Gasteiger partial charge < -0.3 is 18.6 Å². The summed E-state index contributed by atoms with van der Waals surface area (Å²) < 4.78 is 24.5. The number of nitro groups is 1. The van der Waals surface area contributed by atoms with Crippen molar-refractivity contribution in [3.8, 4) is 22.8 Å². The molecule has 228 valence electrons. The van der Waals surface area contributed by atoms with Crippen LogP contribution in [-0.4, -0.2) is 35.3 Å². The Morgan fingerprint density at radius 2 is 1.98 bits per heavy atom. The molecule has 0 fully saturated rings.